The third kappa shape index (κ3) is 7.81. The minimum absolute atomic E-state index is 0.0884. The number of nitrogens with zero attached hydrogens (tertiary/aromatic N) is 1. The molecule has 0 aliphatic heterocycles. The monoisotopic (exact) mass is 396 g/mol. The lowest BCUT2D eigenvalue weighted by Gasteiger charge is -2.19. The summed E-state index contributed by atoms with van der Waals surface area (Å²) in [6.45, 7) is 1.04. The molecule has 1 amide bonds. The Bertz CT molecular complexity index is 653. The molecule has 1 rings (SSSR count). The average molecular weight is 397 g/mol. The largest absolute Gasteiger partial charge is 0.383 e. The standard InChI is InChI=1S/C15H22Cl2N2O4S/c1-23-10-9-19(24(2,21)22)8-6-15(20)18-7-5-12-3-4-13(16)11-14(12)17/h3-4,11H,5-10H2,1-2H3,(H,18,20). The molecule has 0 aliphatic carbocycles. The normalized spacial score (nSPS) is 11.7. The van der Waals surface area contributed by atoms with Gasteiger partial charge in [-0.15, -0.1) is 0 Å². The van der Waals surface area contributed by atoms with Gasteiger partial charge in [0, 0.05) is 43.2 Å². The summed E-state index contributed by atoms with van der Waals surface area (Å²) in [4.78, 5) is 11.9. The zero-order valence-corrected chi connectivity index (χ0v) is 16.0. The van der Waals surface area contributed by atoms with Crippen molar-refractivity contribution in [1.29, 1.82) is 0 Å². The van der Waals surface area contributed by atoms with Gasteiger partial charge in [0.1, 0.15) is 0 Å². The highest BCUT2D eigenvalue weighted by molar-refractivity contribution is 7.88. The van der Waals surface area contributed by atoms with E-state index in [4.69, 9.17) is 27.9 Å². The number of rotatable bonds is 10. The van der Waals surface area contributed by atoms with Gasteiger partial charge in [-0.25, -0.2) is 8.42 Å². The van der Waals surface area contributed by atoms with Crippen molar-refractivity contribution >= 4 is 39.1 Å². The molecule has 0 spiro atoms. The lowest BCUT2D eigenvalue weighted by atomic mass is 10.1. The van der Waals surface area contributed by atoms with Gasteiger partial charge in [-0.1, -0.05) is 29.3 Å². The van der Waals surface area contributed by atoms with E-state index in [9.17, 15) is 13.2 Å². The predicted molar refractivity (Wildman–Crippen MR) is 96.1 cm³/mol. The zero-order valence-electron chi connectivity index (χ0n) is 13.7. The van der Waals surface area contributed by atoms with Crippen molar-refractivity contribution in [3.63, 3.8) is 0 Å². The SMILES string of the molecule is COCCN(CCC(=O)NCCc1ccc(Cl)cc1Cl)S(C)(=O)=O. The Hall–Kier alpha value is -0.860. The average Bonchev–Trinajstić information content (AvgIpc) is 2.48. The van der Waals surface area contributed by atoms with E-state index in [0.717, 1.165) is 11.8 Å². The second kappa shape index (κ2) is 10.2. The van der Waals surface area contributed by atoms with Gasteiger partial charge < -0.3 is 10.1 Å². The van der Waals surface area contributed by atoms with E-state index in [2.05, 4.69) is 5.32 Å². The second-order valence-corrected chi connectivity index (χ2v) is 8.07. The molecule has 0 aromatic heterocycles. The van der Waals surface area contributed by atoms with Crippen molar-refractivity contribution in [3.05, 3.63) is 33.8 Å². The molecule has 24 heavy (non-hydrogen) atoms. The molecule has 136 valence electrons. The number of carbonyl (C=O) groups is 1. The van der Waals surface area contributed by atoms with Crippen LogP contribution >= 0.6 is 23.2 Å². The Morgan fingerprint density at radius 1 is 1.29 bits per heavy atom. The van der Waals surface area contributed by atoms with Crippen molar-refractivity contribution in [1.82, 2.24) is 9.62 Å². The molecule has 0 saturated carbocycles. The van der Waals surface area contributed by atoms with Crippen LogP contribution in [-0.2, 0) is 26.0 Å². The molecule has 0 fully saturated rings. The van der Waals surface area contributed by atoms with Crippen molar-refractivity contribution in [3.8, 4) is 0 Å². The number of hydrogen-bond donors (Lipinski definition) is 1. The number of sulfonamides is 1. The van der Waals surface area contributed by atoms with Crippen LogP contribution in [0.2, 0.25) is 10.0 Å². The summed E-state index contributed by atoms with van der Waals surface area (Å²) >= 11 is 11.9. The van der Waals surface area contributed by atoms with Gasteiger partial charge in [0.05, 0.1) is 12.9 Å². The molecule has 0 saturated heterocycles. The molecule has 0 heterocycles. The molecule has 0 atom stereocenters. The maximum atomic E-state index is 11.9. The van der Waals surface area contributed by atoms with Gasteiger partial charge in [-0.2, -0.15) is 4.31 Å². The molecule has 0 unspecified atom stereocenters. The lowest BCUT2D eigenvalue weighted by Crippen LogP contribution is -2.37. The Labute approximate surface area is 153 Å². The fourth-order valence-corrected chi connectivity index (χ4v) is 3.34. The van der Waals surface area contributed by atoms with Crippen LogP contribution in [-0.4, -0.2) is 58.2 Å². The van der Waals surface area contributed by atoms with Crippen LogP contribution in [0.1, 0.15) is 12.0 Å². The molecule has 0 bridgehead atoms. The number of methoxy groups -OCH3 is 1. The number of benzene rings is 1. The predicted octanol–water partition coefficient (Wildman–Crippen LogP) is 1.95. The van der Waals surface area contributed by atoms with E-state index in [0.29, 0.717) is 23.0 Å². The van der Waals surface area contributed by atoms with Crippen molar-refractivity contribution in [2.45, 2.75) is 12.8 Å². The van der Waals surface area contributed by atoms with Crippen LogP contribution in [0, 0.1) is 0 Å². The molecule has 6 nitrogen and oxygen atoms in total. The summed E-state index contributed by atoms with van der Waals surface area (Å²) in [5.41, 5.74) is 0.888. The number of halogens is 2. The third-order valence-electron chi connectivity index (χ3n) is 3.33. The van der Waals surface area contributed by atoms with Crippen LogP contribution in [0.4, 0.5) is 0 Å². The first kappa shape index (κ1) is 21.2. The Morgan fingerprint density at radius 3 is 2.58 bits per heavy atom. The number of nitrogens with one attached hydrogen (secondary N) is 1. The molecular weight excluding hydrogens is 375 g/mol. The Morgan fingerprint density at radius 2 is 2.00 bits per heavy atom. The fourth-order valence-electron chi connectivity index (χ4n) is 2.01. The maximum absolute atomic E-state index is 11.9. The van der Waals surface area contributed by atoms with Gasteiger partial charge in [0.25, 0.3) is 0 Å². The highest BCUT2D eigenvalue weighted by Gasteiger charge is 2.17. The van der Waals surface area contributed by atoms with Crippen molar-refractivity contribution in [2.24, 2.45) is 0 Å². The first-order valence-electron chi connectivity index (χ1n) is 7.38. The fraction of sp³-hybridized carbons (Fsp3) is 0.533. The molecule has 1 N–H and O–H groups in total. The van der Waals surface area contributed by atoms with Gasteiger partial charge in [-0.3, -0.25) is 4.79 Å². The van der Waals surface area contributed by atoms with Crippen LogP contribution < -0.4 is 5.32 Å². The summed E-state index contributed by atoms with van der Waals surface area (Å²) in [5.74, 6) is -0.217. The van der Waals surface area contributed by atoms with E-state index in [1.165, 1.54) is 11.4 Å². The van der Waals surface area contributed by atoms with Gasteiger partial charge >= 0.3 is 0 Å². The Balaban J connectivity index is 2.40. The van der Waals surface area contributed by atoms with E-state index in [1.807, 2.05) is 6.07 Å². The molecular formula is C15H22Cl2N2O4S. The Kier molecular flexibility index (Phi) is 9.01. The molecule has 0 radical (unpaired) electrons. The third-order valence-corrected chi connectivity index (χ3v) is 5.22. The summed E-state index contributed by atoms with van der Waals surface area (Å²) < 4.78 is 29.4. The van der Waals surface area contributed by atoms with Crippen LogP contribution in [0.15, 0.2) is 18.2 Å². The second-order valence-electron chi connectivity index (χ2n) is 5.24. The van der Waals surface area contributed by atoms with Crippen molar-refractivity contribution in [2.75, 3.05) is 39.6 Å². The van der Waals surface area contributed by atoms with Crippen LogP contribution in [0.25, 0.3) is 0 Å². The van der Waals surface area contributed by atoms with Crippen LogP contribution in [0.3, 0.4) is 0 Å². The summed E-state index contributed by atoms with van der Waals surface area (Å²) in [6, 6.07) is 5.21. The number of ether oxygens (including phenoxy) is 1. The van der Waals surface area contributed by atoms with Crippen molar-refractivity contribution < 1.29 is 17.9 Å². The van der Waals surface area contributed by atoms with Gasteiger partial charge in [0.2, 0.25) is 15.9 Å². The minimum Gasteiger partial charge on any atom is -0.383 e. The van der Waals surface area contributed by atoms with Gasteiger partial charge in [0.15, 0.2) is 0 Å². The summed E-state index contributed by atoms with van der Waals surface area (Å²) in [5, 5.41) is 3.87. The first-order chi connectivity index (χ1) is 11.2. The molecule has 1 aromatic rings. The number of amides is 1. The zero-order chi connectivity index (χ0) is 18.2. The molecule has 0 aliphatic rings. The van der Waals surface area contributed by atoms with Gasteiger partial charge in [-0.05, 0) is 24.1 Å². The quantitative estimate of drug-likeness (QED) is 0.655. The molecule has 9 heteroatoms. The van der Waals surface area contributed by atoms with E-state index < -0.39 is 10.0 Å². The topological polar surface area (TPSA) is 75.7 Å². The number of carbonyl (C=O) groups excluding carboxylic acids is 1. The maximum Gasteiger partial charge on any atom is 0.221 e. The van der Waals surface area contributed by atoms with E-state index in [1.54, 1.807) is 12.1 Å². The van der Waals surface area contributed by atoms with Crippen LogP contribution in [0.5, 0.6) is 0 Å². The minimum atomic E-state index is -3.36. The lowest BCUT2D eigenvalue weighted by molar-refractivity contribution is -0.121. The van der Waals surface area contributed by atoms with E-state index >= 15 is 0 Å². The number of hydrogen-bond acceptors (Lipinski definition) is 4. The van der Waals surface area contributed by atoms with E-state index in [-0.39, 0.29) is 32.0 Å². The highest BCUT2D eigenvalue weighted by atomic mass is 35.5. The highest BCUT2D eigenvalue weighted by Crippen LogP contribution is 2.21. The molecule has 1 aromatic carbocycles. The first-order valence-corrected chi connectivity index (χ1v) is 9.99. The summed E-state index contributed by atoms with van der Waals surface area (Å²) in [6.07, 6.45) is 1.77. The summed E-state index contributed by atoms with van der Waals surface area (Å²) in [7, 11) is -1.87. The smallest absolute Gasteiger partial charge is 0.221 e.